The molecule has 5 amide bonds. The number of carbonyl (C=O) groups is 5. The first kappa shape index (κ1) is 38.9. The molecule has 0 aliphatic carbocycles. The summed E-state index contributed by atoms with van der Waals surface area (Å²) in [6.07, 6.45) is 4.47. The average molecular weight is 821 g/mol. The molecule has 3 aliphatic heterocycles. The van der Waals surface area contributed by atoms with E-state index >= 15 is 0 Å². The highest BCUT2D eigenvalue weighted by atomic mass is 79.9. The monoisotopic (exact) mass is 819 g/mol. The van der Waals surface area contributed by atoms with Crippen molar-refractivity contribution in [1.82, 2.24) is 20.4 Å². The van der Waals surface area contributed by atoms with Gasteiger partial charge in [0.05, 0.1) is 21.6 Å². The van der Waals surface area contributed by atoms with Gasteiger partial charge in [0.25, 0.3) is 11.8 Å². The van der Waals surface area contributed by atoms with Gasteiger partial charge in [-0.15, -0.1) is 0 Å². The highest BCUT2D eigenvalue weighted by Crippen LogP contribution is 2.33. The number of rotatable bonds is 14. The predicted octanol–water partition coefficient (Wildman–Crippen LogP) is 6.77. The van der Waals surface area contributed by atoms with E-state index in [2.05, 4.69) is 98.3 Å². The molecule has 11 nitrogen and oxygen atoms in total. The van der Waals surface area contributed by atoms with Gasteiger partial charge in [-0.05, 0) is 114 Å². The van der Waals surface area contributed by atoms with Crippen molar-refractivity contribution in [3.05, 3.63) is 117 Å². The van der Waals surface area contributed by atoms with Crippen molar-refractivity contribution in [2.75, 3.05) is 25.0 Å². The number of hydrogen-bond acceptors (Lipinski definition) is 8. The second-order valence-corrected chi connectivity index (χ2v) is 15.4. The summed E-state index contributed by atoms with van der Waals surface area (Å²) in [4.78, 5) is 67.2. The average Bonchev–Trinajstić information content (AvgIpc) is 3.45. The quantitative estimate of drug-likeness (QED) is 0.0938. The number of anilines is 1. The zero-order valence-electron chi connectivity index (χ0n) is 31.4. The van der Waals surface area contributed by atoms with Gasteiger partial charge >= 0.3 is 0 Å². The van der Waals surface area contributed by atoms with Crippen LogP contribution in [0, 0.1) is 6.92 Å². The van der Waals surface area contributed by atoms with Crippen molar-refractivity contribution in [3.63, 3.8) is 0 Å². The van der Waals surface area contributed by atoms with E-state index in [1.54, 1.807) is 18.2 Å². The van der Waals surface area contributed by atoms with Gasteiger partial charge in [0.1, 0.15) is 18.4 Å². The number of unbranched alkanes of at least 4 members (excludes halogenated alkanes) is 1. The van der Waals surface area contributed by atoms with E-state index in [9.17, 15) is 24.0 Å². The number of hydrogen-bond donors (Lipinski definition) is 3. The third-order valence-corrected chi connectivity index (χ3v) is 11.5. The van der Waals surface area contributed by atoms with Crippen molar-refractivity contribution in [2.45, 2.75) is 77.1 Å². The molecule has 4 aromatic rings. The topological polar surface area (TPSA) is 137 Å². The number of imide groups is 2. The number of fused-ring (bicyclic) bond motifs is 1. The largest absolute Gasteiger partial charge is 0.488 e. The summed E-state index contributed by atoms with van der Waals surface area (Å²) in [6.45, 7) is 5.13. The molecule has 12 heteroatoms. The number of ether oxygens (including phenoxy) is 1. The Morgan fingerprint density at radius 2 is 1.66 bits per heavy atom. The molecule has 0 spiro atoms. The molecule has 0 bridgehead atoms. The van der Waals surface area contributed by atoms with Gasteiger partial charge in [0.15, 0.2) is 0 Å². The van der Waals surface area contributed by atoms with Crippen molar-refractivity contribution >= 4 is 51.2 Å². The minimum atomic E-state index is -1.01. The van der Waals surface area contributed by atoms with E-state index in [0.717, 1.165) is 64.9 Å². The highest BCUT2D eigenvalue weighted by Gasteiger charge is 2.45. The molecule has 56 heavy (non-hydrogen) atoms. The number of nitrogens with one attached hydrogen (secondary N) is 3. The van der Waals surface area contributed by atoms with E-state index in [1.807, 2.05) is 12.1 Å². The number of halogens is 1. The van der Waals surface area contributed by atoms with Gasteiger partial charge in [0, 0.05) is 31.7 Å². The van der Waals surface area contributed by atoms with E-state index in [1.165, 1.54) is 16.7 Å². The van der Waals surface area contributed by atoms with Crippen LogP contribution in [0.3, 0.4) is 0 Å². The van der Waals surface area contributed by atoms with Crippen LogP contribution in [0.4, 0.5) is 5.69 Å². The van der Waals surface area contributed by atoms with Gasteiger partial charge in [-0.2, -0.15) is 0 Å². The van der Waals surface area contributed by atoms with E-state index in [4.69, 9.17) is 4.74 Å². The first-order valence-electron chi connectivity index (χ1n) is 19.3. The first-order valence-corrected chi connectivity index (χ1v) is 20.1. The molecule has 290 valence electrons. The molecule has 4 aromatic carbocycles. The highest BCUT2D eigenvalue weighted by molar-refractivity contribution is 9.10. The van der Waals surface area contributed by atoms with Crippen LogP contribution in [0.15, 0.2) is 89.4 Å². The predicted molar refractivity (Wildman–Crippen MR) is 217 cm³/mol. The Kier molecular flexibility index (Phi) is 12.3. The SMILES string of the molecule is Cc1c(COc2ccc(CN3CCCCC3C(=O)NCCCCNc3cccc4c3C(=O)N(C3CCC(=O)NC3=O)C4=O)cc2Br)cccc1-c1ccccc1. The molecule has 0 radical (unpaired) electrons. The molecule has 2 atom stereocenters. The maximum absolute atomic E-state index is 13.4. The minimum Gasteiger partial charge on any atom is -0.488 e. The van der Waals surface area contributed by atoms with Gasteiger partial charge in [-0.25, -0.2) is 0 Å². The second-order valence-electron chi connectivity index (χ2n) is 14.6. The molecule has 2 saturated heterocycles. The summed E-state index contributed by atoms with van der Waals surface area (Å²) in [7, 11) is 0. The normalized spacial score (nSPS) is 18.4. The number of carbonyl (C=O) groups excluding carboxylic acids is 5. The van der Waals surface area contributed by atoms with Gasteiger partial charge in [-0.3, -0.25) is 39.1 Å². The lowest BCUT2D eigenvalue weighted by atomic mass is 9.97. The van der Waals surface area contributed by atoms with Crippen LogP contribution in [0.5, 0.6) is 5.75 Å². The smallest absolute Gasteiger partial charge is 0.264 e. The Balaban J connectivity index is 0.873. The lowest BCUT2D eigenvalue weighted by Gasteiger charge is -2.34. The van der Waals surface area contributed by atoms with Crippen molar-refractivity contribution in [2.24, 2.45) is 0 Å². The number of nitrogens with zero attached hydrogens (tertiary/aromatic N) is 2. The maximum atomic E-state index is 13.4. The van der Waals surface area contributed by atoms with Crippen molar-refractivity contribution < 1.29 is 28.7 Å². The lowest BCUT2D eigenvalue weighted by molar-refractivity contribution is -0.136. The fourth-order valence-electron chi connectivity index (χ4n) is 7.86. The summed E-state index contributed by atoms with van der Waals surface area (Å²) in [5.41, 5.74) is 6.82. The van der Waals surface area contributed by atoms with Crippen LogP contribution in [-0.4, -0.2) is 71.1 Å². The van der Waals surface area contributed by atoms with E-state index < -0.39 is 29.7 Å². The maximum Gasteiger partial charge on any atom is 0.264 e. The van der Waals surface area contributed by atoms with Crippen molar-refractivity contribution in [3.8, 4) is 16.9 Å². The van der Waals surface area contributed by atoms with Crippen LogP contribution in [0.1, 0.15) is 82.4 Å². The fourth-order valence-corrected chi connectivity index (χ4v) is 8.40. The van der Waals surface area contributed by atoms with E-state index in [0.29, 0.717) is 31.9 Å². The molecular weight excluding hydrogens is 774 g/mol. The Morgan fingerprint density at radius 1 is 0.875 bits per heavy atom. The second kappa shape index (κ2) is 17.6. The summed E-state index contributed by atoms with van der Waals surface area (Å²) < 4.78 is 7.15. The molecular formula is C44H46BrN5O6. The molecule has 0 saturated carbocycles. The zero-order chi connectivity index (χ0) is 39.2. The summed E-state index contributed by atoms with van der Waals surface area (Å²) in [5.74, 6) is -1.32. The minimum absolute atomic E-state index is 0.0308. The van der Waals surface area contributed by atoms with Gasteiger partial charge in [-0.1, -0.05) is 67.1 Å². The molecule has 3 aliphatic rings. The summed E-state index contributed by atoms with van der Waals surface area (Å²) >= 11 is 3.73. The zero-order valence-corrected chi connectivity index (χ0v) is 33.0. The van der Waals surface area contributed by atoms with Crippen LogP contribution in [0.2, 0.25) is 0 Å². The van der Waals surface area contributed by atoms with Gasteiger partial charge < -0.3 is 15.4 Å². The number of likely N-dealkylation sites (tertiary alicyclic amines) is 1. The van der Waals surface area contributed by atoms with Crippen LogP contribution in [0.25, 0.3) is 11.1 Å². The number of benzene rings is 4. The Labute approximate surface area is 335 Å². The molecule has 2 fully saturated rings. The number of piperidine rings is 2. The standard InChI is InChI=1S/C44H46BrN5O6/c1-28-31(13-9-14-32(28)30-11-3-2-4-12-30)27-56-38-20-18-29(25-34(38)45)26-49-24-8-5-17-36(49)41(52)47-23-7-6-22-46-35-16-10-15-33-40(35)44(55)50(43(33)54)37-19-21-39(51)48-42(37)53/h2-4,9-16,18,20,25,36-37,46H,5-8,17,19,21-24,26-27H2,1H3,(H,47,52)(H,48,51,53). The molecule has 0 aromatic heterocycles. The van der Waals surface area contributed by atoms with Gasteiger partial charge in [0.2, 0.25) is 17.7 Å². The first-order chi connectivity index (χ1) is 27.2. The molecule has 3 heterocycles. The molecule has 7 rings (SSSR count). The van der Waals surface area contributed by atoms with Crippen molar-refractivity contribution in [1.29, 1.82) is 0 Å². The Bertz CT molecular complexity index is 2140. The summed E-state index contributed by atoms with van der Waals surface area (Å²) in [6, 6.07) is 26.6. The molecule has 2 unspecified atom stereocenters. The lowest BCUT2D eigenvalue weighted by Crippen LogP contribution is -2.54. The third-order valence-electron chi connectivity index (χ3n) is 10.9. The third kappa shape index (κ3) is 8.56. The fraction of sp³-hybridized carbons (Fsp3) is 0.341. The summed E-state index contributed by atoms with van der Waals surface area (Å²) in [5, 5.41) is 8.63. The Morgan fingerprint density at radius 3 is 2.46 bits per heavy atom. The van der Waals surface area contributed by atoms with E-state index in [-0.39, 0.29) is 35.9 Å². The Hall–Kier alpha value is -5.33. The van der Waals surface area contributed by atoms with Crippen LogP contribution in [-0.2, 0) is 27.5 Å². The van der Waals surface area contributed by atoms with Crippen LogP contribution < -0.4 is 20.7 Å². The molecule has 3 N–H and O–H groups in total. The van der Waals surface area contributed by atoms with Crippen LogP contribution >= 0.6 is 15.9 Å². The number of amides is 5.